The molecule has 0 aliphatic heterocycles. The number of aromatic nitrogens is 3. The van der Waals surface area contributed by atoms with Crippen LogP contribution in [0, 0.1) is 0 Å². The topological polar surface area (TPSA) is 49.2 Å². The first-order valence-electron chi connectivity index (χ1n) is 8.47. The molecule has 0 amide bonds. The van der Waals surface area contributed by atoms with Gasteiger partial charge in [0, 0.05) is 17.4 Å². The quantitative estimate of drug-likeness (QED) is 0.502. The van der Waals surface area contributed by atoms with Gasteiger partial charge in [-0.3, -0.25) is 0 Å². The second-order valence-corrected chi connectivity index (χ2v) is 6.50. The summed E-state index contributed by atoms with van der Waals surface area (Å²) in [7, 11) is 3.13. The first kappa shape index (κ1) is 17.4. The molecule has 27 heavy (non-hydrogen) atoms. The molecule has 2 heterocycles. The summed E-state index contributed by atoms with van der Waals surface area (Å²) in [5, 5.41) is 1.79. The molecule has 0 aliphatic rings. The van der Waals surface area contributed by atoms with Gasteiger partial charge >= 0.3 is 6.01 Å². The van der Waals surface area contributed by atoms with E-state index >= 15 is 0 Å². The van der Waals surface area contributed by atoms with Crippen molar-refractivity contribution in [2.75, 3.05) is 14.2 Å². The summed E-state index contributed by atoms with van der Waals surface area (Å²) < 4.78 is 12.9. The first-order chi connectivity index (χ1) is 13.2. The third-order valence-electron chi connectivity index (χ3n) is 4.51. The van der Waals surface area contributed by atoms with Crippen LogP contribution in [-0.4, -0.2) is 28.8 Å². The molecule has 136 valence electrons. The van der Waals surface area contributed by atoms with E-state index < -0.39 is 0 Å². The molecule has 0 N–H and O–H groups in total. The summed E-state index contributed by atoms with van der Waals surface area (Å²) in [5.41, 5.74) is 2.94. The van der Waals surface area contributed by atoms with Crippen LogP contribution in [0.1, 0.15) is 17.2 Å². The van der Waals surface area contributed by atoms with Crippen molar-refractivity contribution in [2.45, 2.75) is 6.04 Å². The van der Waals surface area contributed by atoms with Gasteiger partial charge in [0.15, 0.2) is 0 Å². The molecule has 0 saturated heterocycles. The Kier molecular flexibility index (Phi) is 4.69. The van der Waals surface area contributed by atoms with E-state index in [1.807, 2.05) is 42.6 Å². The Morgan fingerprint density at radius 3 is 2.56 bits per heavy atom. The van der Waals surface area contributed by atoms with E-state index in [4.69, 9.17) is 21.1 Å². The predicted molar refractivity (Wildman–Crippen MR) is 106 cm³/mol. The monoisotopic (exact) mass is 379 g/mol. The number of rotatable bonds is 5. The third kappa shape index (κ3) is 3.22. The Morgan fingerprint density at radius 1 is 1.00 bits per heavy atom. The maximum atomic E-state index is 6.26. The molecule has 1 unspecified atom stereocenters. The summed E-state index contributed by atoms with van der Waals surface area (Å²) in [6.45, 7) is 0. The number of halogens is 1. The van der Waals surface area contributed by atoms with Crippen LogP contribution < -0.4 is 9.47 Å². The molecule has 4 aromatic rings. The molecule has 2 aromatic carbocycles. The molecule has 0 radical (unpaired) electrons. The number of methoxy groups -OCH3 is 2. The van der Waals surface area contributed by atoms with Gasteiger partial charge in [-0.2, -0.15) is 4.98 Å². The van der Waals surface area contributed by atoms with E-state index in [0.29, 0.717) is 10.9 Å². The molecule has 5 nitrogen and oxygen atoms in total. The van der Waals surface area contributed by atoms with E-state index in [1.54, 1.807) is 13.3 Å². The molecular weight excluding hydrogens is 362 g/mol. The lowest BCUT2D eigenvalue weighted by molar-refractivity contribution is 0.346. The van der Waals surface area contributed by atoms with Gasteiger partial charge in [0.25, 0.3) is 0 Å². The van der Waals surface area contributed by atoms with Crippen molar-refractivity contribution in [3.63, 3.8) is 0 Å². The first-order valence-corrected chi connectivity index (χ1v) is 8.85. The molecule has 2 aromatic heterocycles. The van der Waals surface area contributed by atoms with Gasteiger partial charge < -0.3 is 14.0 Å². The molecule has 4 rings (SSSR count). The molecule has 1 atom stereocenters. The molecule has 0 fully saturated rings. The van der Waals surface area contributed by atoms with Crippen LogP contribution in [0.15, 0.2) is 67.0 Å². The zero-order valence-corrected chi connectivity index (χ0v) is 15.7. The maximum Gasteiger partial charge on any atom is 0.319 e. The van der Waals surface area contributed by atoms with E-state index in [-0.39, 0.29) is 12.1 Å². The van der Waals surface area contributed by atoms with E-state index in [2.05, 4.69) is 32.7 Å². The van der Waals surface area contributed by atoms with Crippen molar-refractivity contribution >= 4 is 22.5 Å². The lowest BCUT2D eigenvalue weighted by Gasteiger charge is -2.22. The Balaban J connectivity index is 1.97. The second-order valence-electron chi connectivity index (χ2n) is 6.06. The Hall–Kier alpha value is -3.05. The van der Waals surface area contributed by atoms with Crippen molar-refractivity contribution in [1.82, 2.24) is 14.5 Å². The highest BCUT2D eigenvalue weighted by atomic mass is 35.5. The Labute approximate surface area is 162 Å². The number of hydrogen-bond acceptors (Lipinski definition) is 4. The van der Waals surface area contributed by atoms with Crippen LogP contribution in [0.4, 0.5) is 0 Å². The number of hydrogen-bond donors (Lipinski definition) is 0. The van der Waals surface area contributed by atoms with Crippen LogP contribution in [0.3, 0.4) is 0 Å². The van der Waals surface area contributed by atoms with Crippen LogP contribution in [0.5, 0.6) is 11.9 Å². The van der Waals surface area contributed by atoms with Crippen LogP contribution in [0.25, 0.3) is 10.9 Å². The molecular formula is C21H18ClN3O2. The maximum absolute atomic E-state index is 6.26. The zero-order chi connectivity index (χ0) is 18.8. The molecule has 0 aliphatic carbocycles. The van der Waals surface area contributed by atoms with Gasteiger partial charge in [-0.1, -0.05) is 48.0 Å². The normalized spacial score (nSPS) is 12.1. The number of ether oxygens (including phenoxy) is 2. The number of nitrogens with zero attached hydrogens (tertiary/aromatic N) is 3. The average molecular weight is 380 g/mol. The second kappa shape index (κ2) is 7.29. The van der Waals surface area contributed by atoms with Gasteiger partial charge in [-0.15, -0.1) is 0 Å². The van der Waals surface area contributed by atoms with Crippen molar-refractivity contribution < 1.29 is 9.47 Å². The highest BCUT2D eigenvalue weighted by molar-refractivity contribution is 6.31. The zero-order valence-electron chi connectivity index (χ0n) is 15.0. The summed E-state index contributed by atoms with van der Waals surface area (Å²) in [6.07, 6.45) is 3.79. The van der Waals surface area contributed by atoms with Gasteiger partial charge in [-0.25, -0.2) is 4.98 Å². The minimum absolute atomic E-state index is 0.178. The number of benzene rings is 2. The smallest absolute Gasteiger partial charge is 0.319 e. The molecule has 6 heteroatoms. The fourth-order valence-electron chi connectivity index (χ4n) is 3.28. The molecule has 0 bridgehead atoms. The van der Waals surface area contributed by atoms with E-state index in [1.165, 1.54) is 7.11 Å². The van der Waals surface area contributed by atoms with Gasteiger partial charge in [-0.05, 0) is 29.1 Å². The van der Waals surface area contributed by atoms with Crippen LogP contribution in [-0.2, 0) is 0 Å². The Bertz CT molecular complexity index is 1080. The standard InChI is InChI=1S/C21H18ClN3O2/c1-26-20-17(13-23-21(24-20)27-2)19(15-6-4-3-5-7-15)25-11-10-14-8-9-16(22)12-18(14)25/h3-13,19H,1-2H3. The summed E-state index contributed by atoms with van der Waals surface area (Å²) in [6, 6.07) is 18.2. The van der Waals surface area contributed by atoms with Crippen molar-refractivity contribution in [3.05, 3.63) is 83.1 Å². The van der Waals surface area contributed by atoms with Crippen LogP contribution in [0.2, 0.25) is 5.02 Å². The fourth-order valence-corrected chi connectivity index (χ4v) is 3.45. The lowest BCUT2D eigenvalue weighted by Crippen LogP contribution is -2.14. The van der Waals surface area contributed by atoms with E-state index in [0.717, 1.165) is 22.0 Å². The highest BCUT2D eigenvalue weighted by Crippen LogP contribution is 2.35. The largest absolute Gasteiger partial charge is 0.481 e. The van der Waals surface area contributed by atoms with Crippen molar-refractivity contribution in [3.8, 4) is 11.9 Å². The Morgan fingerprint density at radius 2 is 1.81 bits per heavy atom. The van der Waals surface area contributed by atoms with Crippen molar-refractivity contribution in [2.24, 2.45) is 0 Å². The van der Waals surface area contributed by atoms with Gasteiger partial charge in [0.1, 0.15) is 0 Å². The summed E-state index contributed by atoms with van der Waals surface area (Å²) in [4.78, 5) is 8.68. The summed E-state index contributed by atoms with van der Waals surface area (Å²) >= 11 is 6.26. The van der Waals surface area contributed by atoms with Crippen LogP contribution >= 0.6 is 11.6 Å². The van der Waals surface area contributed by atoms with Gasteiger partial charge in [0.2, 0.25) is 5.88 Å². The minimum Gasteiger partial charge on any atom is -0.481 e. The van der Waals surface area contributed by atoms with E-state index in [9.17, 15) is 0 Å². The molecule has 0 saturated carbocycles. The highest BCUT2D eigenvalue weighted by Gasteiger charge is 2.23. The third-order valence-corrected chi connectivity index (χ3v) is 4.74. The van der Waals surface area contributed by atoms with Crippen molar-refractivity contribution in [1.29, 1.82) is 0 Å². The summed E-state index contributed by atoms with van der Waals surface area (Å²) in [5.74, 6) is 0.472. The number of fused-ring (bicyclic) bond motifs is 1. The minimum atomic E-state index is -0.178. The average Bonchev–Trinajstić information content (AvgIpc) is 3.12. The SMILES string of the molecule is COc1ncc(C(c2ccccc2)n2ccc3ccc(Cl)cc32)c(OC)n1. The molecule has 0 spiro atoms. The predicted octanol–water partition coefficient (Wildman–Crippen LogP) is 4.74. The van der Waals surface area contributed by atoms with Gasteiger partial charge in [0.05, 0.1) is 31.3 Å². The fraction of sp³-hybridized carbons (Fsp3) is 0.143. The lowest BCUT2D eigenvalue weighted by atomic mass is 10.00.